The van der Waals surface area contributed by atoms with Gasteiger partial charge in [-0.25, -0.2) is 0 Å². The molecule has 3 rings (SSSR count). The monoisotopic (exact) mass is 231 g/mol. The maximum atomic E-state index is 2.18. The summed E-state index contributed by atoms with van der Waals surface area (Å²) in [6.07, 6.45) is 4.29. The zero-order chi connectivity index (χ0) is 10.1. The molecular formula is C12H9NS2. The average Bonchev–Trinajstić information content (AvgIpc) is 3.02. The third kappa shape index (κ3) is 1.64. The first-order valence-corrected chi connectivity index (χ1v) is 6.45. The highest BCUT2D eigenvalue weighted by Gasteiger charge is 2.02. The van der Waals surface area contributed by atoms with Crippen LogP contribution in [0.15, 0.2) is 53.5 Å². The number of hydrogen-bond donors (Lipinski definition) is 0. The normalized spacial score (nSPS) is 10.7. The molecule has 0 aliphatic rings. The number of nitrogens with zero attached hydrogens (tertiary/aromatic N) is 1. The Hall–Kier alpha value is -1.32. The first-order chi connectivity index (χ1) is 7.43. The quantitative estimate of drug-likeness (QED) is 0.621. The van der Waals surface area contributed by atoms with Crippen molar-refractivity contribution < 1.29 is 0 Å². The van der Waals surface area contributed by atoms with Crippen LogP contribution in [-0.2, 0) is 0 Å². The van der Waals surface area contributed by atoms with Crippen LogP contribution in [0.1, 0.15) is 0 Å². The molecule has 0 aliphatic heterocycles. The van der Waals surface area contributed by atoms with Gasteiger partial charge in [0, 0.05) is 22.8 Å². The van der Waals surface area contributed by atoms with Crippen LogP contribution in [0.2, 0.25) is 0 Å². The Morgan fingerprint density at radius 2 is 1.80 bits per heavy atom. The van der Waals surface area contributed by atoms with Crippen molar-refractivity contribution in [1.29, 1.82) is 0 Å². The molecule has 1 nitrogen and oxygen atoms in total. The second-order valence-corrected chi connectivity index (χ2v) is 5.11. The van der Waals surface area contributed by atoms with Crippen molar-refractivity contribution in [3.63, 3.8) is 0 Å². The van der Waals surface area contributed by atoms with Crippen LogP contribution in [-0.4, -0.2) is 4.57 Å². The number of rotatable bonds is 2. The maximum absolute atomic E-state index is 2.18. The lowest BCUT2D eigenvalue weighted by Crippen LogP contribution is -1.82. The summed E-state index contributed by atoms with van der Waals surface area (Å²) in [5.41, 5.74) is 1.29. The molecule has 0 saturated carbocycles. The molecular weight excluding hydrogens is 222 g/mol. The largest absolute Gasteiger partial charge is 0.315 e. The van der Waals surface area contributed by atoms with Crippen molar-refractivity contribution in [2.75, 3.05) is 0 Å². The van der Waals surface area contributed by atoms with Gasteiger partial charge in [0.15, 0.2) is 0 Å². The van der Waals surface area contributed by atoms with Crippen LogP contribution in [0.25, 0.3) is 15.4 Å². The van der Waals surface area contributed by atoms with Crippen molar-refractivity contribution in [2.45, 2.75) is 0 Å². The van der Waals surface area contributed by atoms with Gasteiger partial charge in [-0.3, -0.25) is 0 Å². The predicted molar refractivity (Wildman–Crippen MR) is 67.0 cm³/mol. The lowest BCUT2D eigenvalue weighted by Gasteiger charge is -1.95. The predicted octanol–water partition coefficient (Wildman–Crippen LogP) is 4.27. The minimum atomic E-state index is 1.26. The number of thiophene rings is 2. The molecule has 0 aliphatic carbocycles. The highest BCUT2D eigenvalue weighted by atomic mass is 32.1. The van der Waals surface area contributed by atoms with Gasteiger partial charge in [-0.15, -0.1) is 22.7 Å². The molecule has 0 amide bonds. The van der Waals surface area contributed by atoms with Crippen molar-refractivity contribution in [2.24, 2.45) is 0 Å². The highest BCUT2D eigenvalue weighted by molar-refractivity contribution is 7.13. The SMILES string of the molecule is c1csc(-c2ccn(-c3cccs3)c2)c1. The lowest BCUT2D eigenvalue weighted by atomic mass is 10.3. The number of aromatic nitrogens is 1. The smallest absolute Gasteiger partial charge is 0.0989 e. The van der Waals surface area contributed by atoms with Gasteiger partial charge in [0.1, 0.15) is 0 Å². The van der Waals surface area contributed by atoms with Gasteiger partial charge >= 0.3 is 0 Å². The van der Waals surface area contributed by atoms with Gasteiger partial charge in [-0.1, -0.05) is 6.07 Å². The first-order valence-electron chi connectivity index (χ1n) is 4.69. The van der Waals surface area contributed by atoms with Gasteiger partial charge < -0.3 is 4.57 Å². The molecule has 0 spiro atoms. The highest BCUT2D eigenvalue weighted by Crippen LogP contribution is 2.26. The molecule has 3 heterocycles. The molecule has 3 heteroatoms. The van der Waals surface area contributed by atoms with Crippen LogP contribution in [0.3, 0.4) is 0 Å². The molecule has 0 aromatic carbocycles. The molecule has 0 saturated heterocycles. The standard InChI is InChI=1S/C12H9NS2/c1-3-11(14-7-1)10-5-6-13(9-10)12-4-2-8-15-12/h1-9H. The Morgan fingerprint density at radius 1 is 0.933 bits per heavy atom. The molecule has 0 bridgehead atoms. The van der Waals surface area contributed by atoms with E-state index in [1.54, 1.807) is 22.7 Å². The Morgan fingerprint density at radius 3 is 2.53 bits per heavy atom. The van der Waals surface area contributed by atoms with Crippen LogP contribution in [0.5, 0.6) is 0 Å². The summed E-state index contributed by atoms with van der Waals surface area (Å²) >= 11 is 3.53. The summed E-state index contributed by atoms with van der Waals surface area (Å²) in [6, 6.07) is 10.6. The Bertz CT molecular complexity index is 483. The second-order valence-electron chi connectivity index (χ2n) is 3.24. The van der Waals surface area contributed by atoms with Gasteiger partial charge in [-0.05, 0) is 35.0 Å². The fraction of sp³-hybridized carbons (Fsp3) is 0. The van der Waals surface area contributed by atoms with E-state index in [9.17, 15) is 0 Å². The molecule has 74 valence electrons. The summed E-state index contributed by atoms with van der Waals surface area (Å²) in [5, 5.41) is 5.47. The fourth-order valence-corrected chi connectivity index (χ4v) is 2.95. The molecule has 0 unspecified atom stereocenters. The Labute approximate surface area is 96.2 Å². The first kappa shape index (κ1) is 8.95. The molecule has 0 N–H and O–H groups in total. The van der Waals surface area contributed by atoms with Crippen molar-refractivity contribution in [3.05, 3.63) is 53.5 Å². The second kappa shape index (κ2) is 3.68. The van der Waals surface area contributed by atoms with Crippen molar-refractivity contribution in [3.8, 4) is 15.4 Å². The van der Waals surface area contributed by atoms with E-state index in [4.69, 9.17) is 0 Å². The van der Waals surface area contributed by atoms with Crippen LogP contribution in [0, 0.1) is 0 Å². The molecule has 15 heavy (non-hydrogen) atoms. The van der Waals surface area contributed by atoms with Crippen LogP contribution in [0.4, 0.5) is 0 Å². The number of hydrogen-bond acceptors (Lipinski definition) is 2. The van der Waals surface area contributed by atoms with E-state index in [1.165, 1.54) is 15.4 Å². The fourth-order valence-electron chi connectivity index (χ4n) is 1.54. The van der Waals surface area contributed by atoms with Gasteiger partial charge in [0.05, 0.1) is 5.00 Å². The van der Waals surface area contributed by atoms with Crippen LogP contribution < -0.4 is 0 Å². The minimum Gasteiger partial charge on any atom is -0.315 e. The molecule has 0 atom stereocenters. The summed E-state index contributed by atoms with van der Waals surface area (Å²) in [6.45, 7) is 0. The third-order valence-corrected chi connectivity index (χ3v) is 4.06. The Balaban J connectivity index is 2.02. The Kier molecular flexibility index (Phi) is 2.19. The summed E-state index contributed by atoms with van der Waals surface area (Å²) in [5.74, 6) is 0. The zero-order valence-electron chi connectivity index (χ0n) is 7.96. The van der Waals surface area contributed by atoms with Gasteiger partial charge in [0.25, 0.3) is 0 Å². The van der Waals surface area contributed by atoms with Gasteiger partial charge in [0.2, 0.25) is 0 Å². The minimum absolute atomic E-state index is 1.26. The van der Waals surface area contributed by atoms with Crippen molar-refractivity contribution >= 4 is 22.7 Å². The average molecular weight is 231 g/mol. The van der Waals surface area contributed by atoms with Gasteiger partial charge in [-0.2, -0.15) is 0 Å². The van der Waals surface area contributed by atoms with E-state index >= 15 is 0 Å². The molecule has 0 fully saturated rings. The molecule has 3 aromatic rings. The van der Waals surface area contributed by atoms with Crippen LogP contribution >= 0.6 is 22.7 Å². The summed E-state index contributed by atoms with van der Waals surface area (Å²) in [4.78, 5) is 1.32. The molecule has 0 radical (unpaired) electrons. The van der Waals surface area contributed by atoms with Crippen molar-refractivity contribution in [1.82, 2.24) is 4.57 Å². The lowest BCUT2D eigenvalue weighted by molar-refractivity contribution is 1.11. The van der Waals surface area contributed by atoms with E-state index in [2.05, 4.69) is 58.1 Å². The van der Waals surface area contributed by atoms with E-state index in [0.29, 0.717) is 0 Å². The van der Waals surface area contributed by atoms with E-state index in [1.807, 2.05) is 0 Å². The molecule has 3 aromatic heterocycles. The van der Waals surface area contributed by atoms with E-state index in [0.717, 1.165) is 0 Å². The summed E-state index contributed by atoms with van der Waals surface area (Å²) in [7, 11) is 0. The zero-order valence-corrected chi connectivity index (χ0v) is 9.59. The van der Waals surface area contributed by atoms with E-state index < -0.39 is 0 Å². The maximum Gasteiger partial charge on any atom is 0.0989 e. The third-order valence-electron chi connectivity index (χ3n) is 2.26. The summed E-state index contributed by atoms with van der Waals surface area (Å²) < 4.78 is 2.17. The topological polar surface area (TPSA) is 4.93 Å². The van der Waals surface area contributed by atoms with E-state index in [-0.39, 0.29) is 0 Å².